The third-order valence-electron chi connectivity index (χ3n) is 17.4. The zero-order valence-corrected chi connectivity index (χ0v) is 46.1. The second kappa shape index (κ2) is 22.0. The molecule has 4 aliphatic carbocycles. The third kappa shape index (κ3) is 9.37. The van der Waals surface area contributed by atoms with Gasteiger partial charge in [0.2, 0.25) is 0 Å². The summed E-state index contributed by atoms with van der Waals surface area (Å²) in [6.45, 7) is 2.36. The molecule has 0 heteroatoms. The van der Waals surface area contributed by atoms with Crippen molar-refractivity contribution in [3.63, 3.8) is 0 Å². The van der Waals surface area contributed by atoms with Gasteiger partial charge in [0.05, 0.1) is 5.41 Å². The van der Waals surface area contributed by atoms with Crippen molar-refractivity contribution in [1.82, 2.24) is 0 Å². The Labute approximate surface area is 483 Å². The Hall–Kier alpha value is -9.88. The van der Waals surface area contributed by atoms with Crippen molar-refractivity contribution in [1.29, 1.82) is 0 Å². The maximum Gasteiger partial charge on any atom is 0.0689 e. The third-order valence-corrected chi connectivity index (χ3v) is 17.4. The van der Waals surface area contributed by atoms with Crippen LogP contribution in [0.4, 0.5) is 0 Å². The Balaban J connectivity index is 1.04. The SMILES string of the molecule is CC1C=CC=CC1/C(=C/C1C=CC2=C(C1)C1(c3cc(C=C(c4ccccc4)c4ccccc4)ccc32)c2cc(C=C(c3ccccc3)c3ccccc3)ccc2-c2ccc(C=C(c3ccccc3)c3ccccc3)cc21)c1ccccc1. The topological polar surface area (TPSA) is 0 Å². The fourth-order valence-electron chi connectivity index (χ4n) is 13.5. The number of benzene rings is 10. The van der Waals surface area contributed by atoms with E-state index < -0.39 is 5.41 Å². The number of allylic oxidation sites excluding steroid dienone is 10. The lowest BCUT2D eigenvalue weighted by atomic mass is 9.66. The molecule has 0 N–H and O–H groups in total. The summed E-state index contributed by atoms with van der Waals surface area (Å²) >= 11 is 0. The van der Waals surface area contributed by atoms with E-state index in [1.807, 2.05) is 0 Å². The highest BCUT2D eigenvalue weighted by Gasteiger charge is 2.53. The Kier molecular flexibility index (Phi) is 13.5. The van der Waals surface area contributed by atoms with Crippen molar-refractivity contribution < 1.29 is 0 Å². The summed E-state index contributed by atoms with van der Waals surface area (Å²) < 4.78 is 0. The lowest BCUT2D eigenvalue weighted by Gasteiger charge is -2.35. The second-order valence-electron chi connectivity index (χ2n) is 22.3. The van der Waals surface area contributed by atoms with E-state index in [9.17, 15) is 0 Å². The maximum atomic E-state index is 2.62. The molecule has 0 amide bonds. The van der Waals surface area contributed by atoms with E-state index in [4.69, 9.17) is 0 Å². The van der Waals surface area contributed by atoms with Crippen LogP contribution in [0.2, 0.25) is 0 Å². The van der Waals surface area contributed by atoms with Crippen LogP contribution in [0.25, 0.3) is 57.2 Å². The van der Waals surface area contributed by atoms with Crippen molar-refractivity contribution in [3.8, 4) is 11.1 Å². The highest BCUT2D eigenvalue weighted by molar-refractivity contribution is 6.01. The molecule has 0 aliphatic heterocycles. The van der Waals surface area contributed by atoms with E-state index in [1.165, 1.54) is 122 Å². The highest BCUT2D eigenvalue weighted by atomic mass is 14.5. The van der Waals surface area contributed by atoms with Crippen LogP contribution >= 0.6 is 0 Å². The summed E-state index contributed by atoms with van der Waals surface area (Å²) in [6, 6.07) is 98.4. The van der Waals surface area contributed by atoms with Gasteiger partial charge in [-0.2, -0.15) is 0 Å². The molecule has 3 atom stereocenters. The van der Waals surface area contributed by atoms with Crippen molar-refractivity contribution >= 4 is 46.1 Å². The van der Waals surface area contributed by atoms with E-state index in [2.05, 4.69) is 335 Å². The smallest absolute Gasteiger partial charge is 0.0689 e. The molecular formula is C82H62. The average molecular weight is 1050 g/mol. The van der Waals surface area contributed by atoms with Crippen molar-refractivity contribution in [3.05, 3.63) is 393 Å². The van der Waals surface area contributed by atoms with Crippen LogP contribution < -0.4 is 0 Å². The van der Waals surface area contributed by atoms with Gasteiger partial charge < -0.3 is 0 Å². The summed E-state index contributed by atoms with van der Waals surface area (Å²) in [4.78, 5) is 0. The number of rotatable bonds is 12. The van der Waals surface area contributed by atoms with Crippen LogP contribution in [-0.2, 0) is 5.41 Å². The first-order chi connectivity index (χ1) is 40.6. The first-order valence-corrected chi connectivity index (χ1v) is 29.0. The minimum Gasteiger partial charge on any atom is -0.0808 e. The Morgan fingerprint density at radius 1 is 0.366 bits per heavy atom. The molecule has 4 aliphatic rings. The average Bonchev–Trinajstić information content (AvgIpc) is 1.90. The largest absolute Gasteiger partial charge is 0.0808 e. The van der Waals surface area contributed by atoms with Gasteiger partial charge in [-0.1, -0.05) is 298 Å². The zero-order valence-electron chi connectivity index (χ0n) is 46.1. The molecule has 1 spiro atoms. The maximum absolute atomic E-state index is 2.62. The van der Waals surface area contributed by atoms with Gasteiger partial charge in [-0.3, -0.25) is 0 Å². The summed E-state index contributed by atoms with van der Waals surface area (Å²) in [5.41, 5.74) is 26.9. The molecule has 0 aromatic heterocycles. The Morgan fingerprint density at radius 2 is 0.707 bits per heavy atom. The van der Waals surface area contributed by atoms with Crippen molar-refractivity contribution in [2.45, 2.75) is 18.8 Å². The van der Waals surface area contributed by atoms with E-state index in [0.717, 1.165) is 6.42 Å². The van der Waals surface area contributed by atoms with Crippen molar-refractivity contribution in [2.24, 2.45) is 17.8 Å². The van der Waals surface area contributed by atoms with Crippen LogP contribution in [0.1, 0.15) is 91.2 Å². The summed E-state index contributed by atoms with van der Waals surface area (Å²) in [7, 11) is 0. The first kappa shape index (κ1) is 50.3. The molecule has 0 fully saturated rings. The molecule has 0 radical (unpaired) electrons. The molecule has 0 saturated carbocycles. The van der Waals surface area contributed by atoms with Gasteiger partial charge in [-0.05, 0) is 177 Å². The lowest BCUT2D eigenvalue weighted by molar-refractivity contribution is 0.612. The molecule has 0 saturated heterocycles. The van der Waals surface area contributed by atoms with Gasteiger partial charge in [0.15, 0.2) is 0 Å². The molecule has 10 aromatic carbocycles. The minimum atomic E-state index is -0.642. The summed E-state index contributed by atoms with van der Waals surface area (Å²) in [5, 5.41) is 0. The quantitative estimate of drug-likeness (QED) is 0.107. The molecule has 3 unspecified atom stereocenters. The molecule has 390 valence electrons. The van der Waals surface area contributed by atoms with Crippen LogP contribution in [0.5, 0.6) is 0 Å². The molecule has 10 aromatic rings. The Morgan fingerprint density at radius 3 is 1.09 bits per heavy atom. The number of hydrogen-bond acceptors (Lipinski definition) is 0. The van der Waals surface area contributed by atoms with Crippen LogP contribution in [0.15, 0.2) is 315 Å². The molecule has 0 nitrogen and oxygen atoms in total. The zero-order chi connectivity index (χ0) is 54.8. The number of fused-ring (bicyclic) bond motifs is 9. The van der Waals surface area contributed by atoms with Gasteiger partial charge >= 0.3 is 0 Å². The monoisotopic (exact) mass is 1050 g/mol. The normalized spacial score (nSPS) is 16.9. The fourth-order valence-corrected chi connectivity index (χ4v) is 13.5. The molecular weight excluding hydrogens is 985 g/mol. The number of hydrogen-bond donors (Lipinski definition) is 0. The molecule has 0 bridgehead atoms. The molecule has 14 rings (SSSR count). The molecule has 0 heterocycles. The van der Waals surface area contributed by atoms with E-state index in [-0.39, 0.29) is 11.8 Å². The van der Waals surface area contributed by atoms with Crippen LogP contribution in [-0.4, -0.2) is 0 Å². The van der Waals surface area contributed by atoms with Gasteiger partial charge in [0.1, 0.15) is 0 Å². The predicted octanol–water partition coefficient (Wildman–Crippen LogP) is 20.6. The Bertz CT molecular complexity index is 3980. The van der Waals surface area contributed by atoms with Crippen molar-refractivity contribution in [2.75, 3.05) is 0 Å². The molecule has 82 heavy (non-hydrogen) atoms. The highest BCUT2D eigenvalue weighted by Crippen LogP contribution is 2.65. The van der Waals surface area contributed by atoms with Crippen LogP contribution in [0.3, 0.4) is 0 Å². The van der Waals surface area contributed by atoms with Gasteiger partial charge in [0, 0.05) is 5.92 Å². The van der Waals surface area contributed by atoms with Gasteiger partial charge in [-0.15, -0.1) is 0 Å². The second-order valence-corrected chi connectivity index (χ2v) is 22.3. The minimum absolute atomic E-state index is 0.137. The standard InChI is InChI=1S/C82H62/c1-57-25-23-24-40-69(57)77(68-38-21-8-22-39-68)52-61-44-48-73-72-47-43-60(51-76(66-34-17-6-18-35-66)67-36-19-7-20-37-67)55-80(72)82(81(73)56-61)78-53-58(49-74(62-26-9-2-10-27-62)63-28-11-3-12-29-63)41-45-70(78)71-46-42-59(54-79(71)82)50-75(64-30-13-4-14-31-64)65-32-15-5-16-33-65/h2-55,57,61,69H,56H2,1H3/b77-52+. The van der Waals surface area contributed by atoms with E-state index >= 15 is 0 Å². The van der Waals surface area contributed by atoms with Crippen LogP contribution in [0, 0.1) is 17.8 Å². The van der Waals surface area contributed by atoms with E-state index in [0.29, 0.717) is 5.92 Å². The predicted molar refractivity (Wildman–Crippen MR) is 347 cm³/mol. The van der Waals surface area contributed by atoms with E-state index in [1.54, 1.807) is 0 Å². The lowest BCUT2D eigenvalue weighted by Crippen LogP contribution is -2.29. The van der Waals surface area contributed by atoms with Gasteiger partial charge in [-0.25, -0.2) is 0 Å². The fraction of sp³-hybridized carbons (Fsp3) is 0.0732. The summed E-state index contributed by atoms with van der Waals surface area (Å²) in [6.07, 6.45) is 24.9. The summed E-state index contributed by atoms with van der Waals surface area (Å²) in [5.74, 6) is 0.758. The first-order valence-electron chi connectivity index (χ1n) is 29.0. The van der Waals surface area contributed by atoms with Gasteiger partial charge in [0.25, 0.3) is 0 Å².